The minimum atomic E-state index is -3.43. The summed E-state index contributed by atoms with van der Waals surface area (Å²) in [7, 11) is -3.43. The zero-order valence-corrected chi connectivity index (χ0v) is 14.4. The van der Waals surface area contributed by atoms with Gasteiger partial charge >= 0.3 is 0 Å². The molecular weight excluding hydrogens is 385 g/mol. The van der Waals surface area contributed by atoms with Gasteiger partial charge in [-0.2, -0.15) is 4.31 Å². The molecule has 0 fully saturated rings. The molecule has 0 unspecified atom stereocenters. The Kier molecular flexibility index (Phi) is 5.40. The maximum absolute atomic E-state index is 12.7. The SMILES string of the molecule is Cc1ccc(S(=O)(=O)N2C/C=C\CC/C=C(\I)C2)cc1. The lowest BCUT2D eigenvalue weighted by Gasteiger charge is -2.20. The van der Waals surface area contributed by atoms with Gasteiger partial charge in [-0.25, -0.2) is 8.42 Å². The van der Waals surface area contributed by atoms with Crippen LogP contribution in [0.4, 0.5) is 0 Å². The van der Waals surface area contributed by atoms with Gasteiger partial charge in [-0.3, -0.25) is 0 Å². The Hall–Kier alpha value is -0.660. The van der Waals surface area contributed by atoms with Crippen LogP contribution in [-0.4, -0.2) is 25.8 Å². The number of benzene rings is 1. The third-order valence-electron chi connectivity index (χ3n) is 3.16. The molecule has 1 aliphatic heterocycles. The number of rotatable bonds is 2. The van der Waals surface area contributed by atoms with Crippen LogP contribution in [0.3, 0.4) is 0 Å². The summed E-state index contributed by atoms with van der Waals surface area (Å²) in [5.41, 5.74) is 1.06. The summed E-state index contributed by atoms with van der Waals surface area (Å²) in [6, 6.07) is 7.02. The van der Waals surface area contributed by atoms with Gasteiger partial charge in [0.15, 0.2) is 0 Å². The van der Waals surface area contributed by atoms with Crippen molar-refractivity contribution in [2.24, 2.45) is 0 Å². The molecule has 1 aromatic carbocycles. The predicted octanol–water partition coefficient (Wildman–Crippen LogP) is 3.65. The van der Waals surface area contributed by atoms with Gasteiger partial charge in [0.1, 0.15) is 0 Å². The van der Waals surface area contributed by atoms with Crippen LogP contribution in [0.2, 0.25) is 0 Å². The molecule has 5 heteroatoms. The van der Waals surface area contributed by atoms with Crippen molar-refractivity contribution < 1.29 is 8.42 Å². The summed E-state index contributed by atoms with van der Waals surface area (Å²) in [5.74, 6) is 0. The van der Waals surface area contributed by atoms with Crippen molar-refractivity contribution in [1.29, 1.82) is 0 Å². The Labute approximate surface area is 134 Å². The largest absolute Gasteiger partial charge is 0.243 e. The quantitative estimate of drug-likeness (QED) is 0.559. The number of nitrogens with zero attached hydrogens (tertiary/aromatic N) is 1. The van der Waals surface area contributed by atoms with Crippen LogP contribution < -0.4 is 0 Å². The number of sulfonamides is 1. The van der Waals surface area contributed by atoms with Gasteiger partial charge in [0.2, 0.25) is 10.0 Å². The van der Waals surface area contributed by atoms with Crippen molar-refractivity contribution in [1.82, 2.24) is 4.31 Å². The highest BCUT2D eigenvalue weighted by Crippen LogP contribution is 2.21. The summed E-state index contributed by atoms with van der Waals surface area (Å²) >= 11 is 2.22. The van der Waals surface area contributed by atoms with E-state index < -0.39 is 10.0 Å². The molecule has 0 spiro atoms. The van der Waals surface area contributed by atoms with Crippen LogP contribution in [-0.2, 0) is 10.0 Å². The second-order valence-corrected chi connectivity index (χ2v) is 8.13. The smallest absolute Gasteiger partial charge is 0.207 e. The van der Waals surface area contributed by atoms with Crippen molar-refractivity contribution in [3.05, 3.63) is 51.6 Å². The summed E-state index contributed by atoms with van der Waals surface area (Å²) in [6.45, 7) is 2.82. The molecule has 0 radical (unpaired) electrons. The monoisotopic (exact) mass is 403 g/mol. The van der Waals surface area contributed by atoms with Crippen molar-refractivity contribution in [3.8, 4) is 0 Å². The van der Waals surface area contributed by atoms with E-state index in [1.54, 1.807) is 12.1 Å². The van der Waals surface area contributed by atoms with Gasteiger partial charge < -0.3 is 0 Å². The molecule has 0 bridgehead atoms. The third-order valence-corrected chi connectivity index (χ3v) is 5.77. The van der Waals surface area contributed by atoms with Crippen LogP contribution in [0, 0.1) is 6.92 Å². The van der Waals surface area contributed by atoms with Crippen molar-refractivity contribution in [2.45, 2.75) is 24.7 Å². The van der Waals surface area contributed by atoms with E-state index >= 15 is 0 Å². The highest BCUT2D eigenvalue weighted by atomic mass is 127. The first-order valence-corrected chi connectivity index (χ1v) is 9.08. The molecule has 2 rings (SSSR count). The fourth-order valence-electron chi connectivity index (χ4n) is 1.99. The van der Waals surface area contributed by atoms with Crippen molar-refractivity contribution in [2.75, 3.05) is 13.1 Å². The van der Waals surface area contributed by atoms with E-state index in [0.717, 1.165) is 22.0 Å². The molecular formula is C15H18INO2S. The van der Waals surface area contributed by atoms with Gasteiger partial charge in [0, 0.05) is 16.7 Å². The zero-order valence-electron chi connectivity index (χ0n) is 11.4. The summed E-state index contributed by atoms with van der Waals surface area (Å²) in [4.78, 5) is 0.361. The van der Waals surface area contributed by atoms with E-state index in [1.807, 2.05) is 31.2 Å². The normalized spacial score (nSPS) is 22.2. The number of aryl methyl sites for hydroxylation is 1. The van der Waals surface area contributed by atoms with Crippen molar-refractivity contribution in [3.63, 3.8) is 0 Å². The second kappa shape index (κ2) is 6.87. The first-order chi connectivity index (χ1) is 9.50. The molecule has 3 nitrogen and oxygen atoms in total. The molecule has 1 aliphatic rings. The van der Waals surface area contributed by atoms with Gasteiger partial charge in [-0.05, 0) is 54.5 Å². The summed E-state index contributed by atoms with van der Waals surface area (Å²) in [6.07, 6.45) is 8.02. The molecule has 0 aromatic heterocycles. The number of halogens is 1. The Bertz CT molecular complexity index is 618. The Morgan fingerprint density at radius 3 is 2.50 bits per heavy atom. The Balaban J connectivity index is 2.32. The predicted molar refractivity (Wildman–Crippen MR) is 90.4 cm³/mol. The van der Waals surface area contributed by atoms with Crippen LogP contribution >= 0.6 is 22.6 Å². The molecule has 0 atom stereocenters. The number of hydrogen-bond donors (Lipinski definition) is 0. The second-order valence-electron chi connectivity index (χ2n) is 4.81. The minimum Gasteiger partial charge on any atom is -0.207 e. The summed E-state index contributed by atoms with van der Waals surface area (Å²) < 4.78 is 28.0. The first-order valence-electron chi connectivity index (χ1n) is 6.56. The Morgan fingerprint density at radius 2 is 1.80 bits per heavy atom. The lowest BCUT2D eigenvalue weighted by Crippen LogP contribution is -2.32. The van der Waals surface area contributed by atoms with Crippen LogP contribution in [0.15, 0.2) is 51.0 Å². The molecule has 0 N–H and O–H groups in total. The lowest BCUT2D eigenvalue weighted by atomic mass is 10.2. The average Bonchev–Trinajstić information content (AvgIpc) is 2.51. The molecule has 20 heavy (non-hydrogen) atoms. The van der Waals surface area contributed by atoms with Crippen molar-refractivity contribution >= 4 is 32.6 Å². The highest BCUT2D eigenvalue weighted by Gasteiger charge is 2.24. The van der Waals surface area contributed by atoms with Gasteiger partial charge in [-0.1, -0.05) is 35.9 Å². The average molecular weight is 403 g/mol. The van der Waals surface area contributed by atoms with Gasteiger partial charge in [-0.15, -0.1) is 0 Å². The Morgan fingerprint density at radius 1 is 1.10 bits per heavy atom. The highest BCUT2D eigenvalue weighted by molar-refractivity contribution is 14.1. The molecule has 1 heterocycles. The minimum absolute atomic E-state index is 0.361. The molecule has 0 saturated heterocycles. The molecule has 0 aliphatic carbocycles. The number of hydrogen-bond acceptors (Lipinski definition) is 2. The molecule has 0 amide bonds. The number of allylic oxidation sites excluding steroid dienone is 2. The van der Waals surface area contributed by atoms with Crippen LogP contribution in [0.1, 0.15) is 18.4 Å². The fourth-order valence-corrected chi connectivity index (χ4v) is 4.31. The molecule has 108 valence electrons. The van der Waals surface area contributed by atoms with E-state index in [1.165, 1.54) is 4.31 Å². The first kappa shape index (κ1) is 15.7. The van der Waals surface area contributed by atoms with E-state index in [-0.39, 0.29) is 0 Å². The van der Waals surface area contributed by atoms with Gasteiger partial charge in [0.05, 0.1) is 4.90 Å². The van der Waals surface area contributed by atoms with Crippen LogP contribution in [0.5, 0.6) is 0 Å². The van der Waals surface area contributed by atoms with E-state index in [0.29, 0.717) is 18.0 Å². The summed E-state index contributed by atoms with van der Waals surface area (Å²) in [5, 5.41) is 0. The topological polar surface area (TPSA) is 37.4 Å². The standard InChI is InChI=1S/C15H18INO2S/c1-13-7-9-15(10-8-13)20(18,19)17-11-5-3-2-4-6-14(16)12-17/h3,5-10H,2,4,11-12H2,1H3/b5-3-,14-6-. The van der Waals surface area contributed by atoms with E-state index in [2.05, 4.69) is 28.7 Å². The lowest BCUT2D eigenvalue weighted by molar-refractivity contribution is 0.473. The zero-order chi connectivity index (χ0) is 14.6. The fraction of sp³-hybridized carbons (Fsp3) is 0.333. The van der Waals surface area contributed by atoms with E-state index in [9.17, 15) is 8.42 Å². The molecule has 1 aromatic rings. The van der Waals surface area contributed by atoms with E-state index in [4.69, 9.17) is 0 Å². The maximum Gasteiger partial charge on any atom is 0.243 e. The van der Waals surface area contributed by atoms with Gasteiger partial charge in [0.25, 0.3) is 0 Å². The molecule has 0 saturated carbocycles. The van der Waals surface area contributed by atoms with Crippen LogP contribution in [0.25, 0.3) is 0 Å². The maximum atomic E-state index is 12.7. The third kappa shape index (κ3) is 3.93.